The van der Waals surface area contributed by atoms with Crippen LogP contribution in [-0.4, -0.2) is 40.7 Å². The van der Waals surface area contributed by atoms with Gasteiger partial charge in [-0.2, -0.15) is 0 Å². The summed E-state index contributed by atoms with van der Waals surface area (Å²) in [5.41, 5.74) is 1.10. The molecule has 0 bridgehead atoms. The first-order chi connectivity index (χ1) is 17.8. The van der Waals surface area contributed by atoms with Crippen LogP contribution in [0.25, 0.3) is 16.6 Å². The molecule has 0 saturated heterocycles. The average molecular weight is 588 g/mol. The number of halogens is 3. The van der Waals surface area contributed by atoms with Crippen LogP contribution in [0, 0.1) is 5.82 Å². The van der Waals surface area contributed by atoms with Crippen LogP contribution in [-0.2, 0) is 4.74 Å². The third kappa shape index (κ3) is 5.84. The molecule has 1 unspecified atom stereocenters. The number of hydrogen-bond acceptors (Lipinski definition) is 4. The van der Waals surface area contributed by atoms with E-state index in [-0.39, 0.29) is 29.8 Å². The van der Waals surface area contributed by atoms with Crippen LogP contribution in [0.3, 0.4) is 0 Å². The van der Waals surface area contributed by atoms with Gasteiger partial charge in [0.05, 0.1) is 34.3 Å². The molecule has 7 nitrogen and oxygen atoms in total. The number of benzene rings is 3. The molecule has 0 spiro atoms. The maximum atomic E-state index is 14.0. The summed E-state index contributed by atoms with van der Waals surface area (Å²) in [5, 5.41) is 3.19. The maximum absolute atomic E-state index is 14.0. The van der Waals surface area contributed by atoms with E-state index in [1.807, 2.05) is 19.1 Å². The Hall–Kier alpha value is -3.27. The zero-order valence-electron chi connectivity index (χ0n) is 20.2. The molecule has 1 aromatic heterocycles. The molecule has 0 saturated carbocycles. The molecule has 4 rings (SSSR count). The number of nitrogens with zero attached hydrogens (tertiary/aromatic N) is 3. The van der Waals surface area contributed by atoms with E-state index in [0.29, 0.717) is 34.5 Å². The van der Waals surface area contributed by atoms with Crippen molar-refractivity contribution in [2.45, 2.75) is 19.4 Å². The predicted octanol–water partition coefficient (Wildman–Crippen LogP) is 6.57. The van der Waals surface area contributed by atoms with Gasteiger partial charge in [0.25, 0.3) is 5.56 Å². The first-order valence-electron chi connectivity index (χ1n) is 11.6. The van der Waals surface area contributed by atoms with Crippen LogP contribution in [0.15, 0.2) is 76.0 Å². The van der Waals surface area contributed by atoms with Gasteiger partial charge in [-0.05, 0) is 55.0 Å². The minimum atomic E-state index is -0.622. The molecule has 0 aliphatic heterocycles. The van der Waals surface area contributed by atoms with Crippen molar-refractivity contribution in [3.8, 4) is 5.69 Å². The number of rotatable bonds is 8. The Morgan fingerprint density at radius 1 is 1.19 bits per heavy atom. The van der Waals surface area contributed by atoms with Gasteiger partial charge in [0.1, 0.15) is 11.6 Å². The Labute approximate surface area is 227 Å². The minimum Gasteiger partial charge on any atom is -0.383 e. The van der Waals surface area contributed by atoms with Crippen molar-refractivity contribution in [3.05, 3.63) is 98.2 Å². The molecule has 1 atom stereocenters. The molecule has 2 amide bonds. The smallest absolute Gasteiger partial charge is 0.322 e. The van der Waals surface area contributed by atoms with E-state index < -0.39 is 11.9 Å². The minimum absolute atomic E-state index is 0.125. The molecule has 3 aromatic carbocycles. The van der Waals surface area contributed by atoms with E-state index in [4.69, 9.17) is 21.3 Å². The number of nitrogens with one attached hydrogen (secondary N) is 1. The van der Waals surface area contributed by atoms with E-state index in [1.165, 1.54) is 22.8 Å². The number of para-hydroxylation sites is 1. The number of carbonyl (C=O) groups is 1. The molecular weight excluding hydrogens is 563 g/mol. The highest BCUT2D eigenvalue weighted by molar-refractivity contribution is 9.10. The molecular formula is C27H25BrClFN4O3. The summed E-state index contributed by atoms with van der Waals surface area (Å²) in [4.78, 5) is 33.7. The lowest BCUT2D eigenvalue weighted by Crippen LogP contribution is -2.42. The lowest BCUT2D eigenvalue weighted by molar-refractivity contribution is 0.131. The van der Waals surface area contributed by atoms with E-state index in [0.717, 1.165) is 4.47 Å². The van der Waals surface area contributed by atoms with Gasteiger partial charge in [-0.25, -0.2) is 14.2 Å². The van der Waals surface area contributed by atoms with Crippen LogP contribution in [0.1, 0.15) is 25.2 Å². The Morgan fingerprint density at radius 2 is 1.97 bits per heavy atom. The Bertz CT molecular complexity index is 1500. The maximum Gasteiger partial charge on any atom is 0.322 e. The molecule has 4 aromatic rings. The lowest BCUT2D eigenvalue weighted by atomic mass is 10.1. The molecule has 0 aliphatic carbocycles. The Balaban J connectivity index is 1.88. The van der Waals surface area contributed by atoms with Crippen molar-refractivity contribution < 1.29 is 13.9 Å². The number of urea groups is 1. The van der Waals surface area contributed by atoms with Gasteiger partial charge in [0.15, 0.2) is 0 Å². The summed E-state index contributed by atoms with van der Waals surface area (Å²) < 4.78 is 21.5. The summed E-state index contributed by atoms with van der Waals surface area (Å²) in [6.07, 6.45) is 0.440. The normalized spacial score (nSPS) is 11.9. The molecule has 192 valence electrons. The molecule has 37 heavy (non-hydrogen) atoms. The molecule has 1 N–H and O–H groups in total. The van der Waals surface area contributed by atoms with E-state index >= 15 is 0 Å². The highest BCUT2D eigenvalue weighted by atomic mass is 79.9. The van der Waals surface area contributed by atoms with Crippen molar-refractivity contribution >= 4 is 50.2 Å². The fraction of sp³-hybridized carbons (Fsp3) is 0.222. The van der Waals surface area contributed by atoms with E-state index in [9.17, 15) is 14.0 Å². The SMILES string of the molecule is CCC(c1nc2ccccc2c(=O)n1-c1ccc(F)c(Cl)c1)N(CCOC)C(=O)Nc1cccc(Br)c1. The number of aromatic nitrogens is 2. The van der Waals surface area contributed by atoms with Gasteiger partial charge in [0, 0.05) is 23.8 Å². The molecule has 1 heterocycles. The van der Waals surface area contributed by atoms with Crippen LogP contribution in [0.4, 0.5) is 14.9 Å². The van der Waals surface area contributed by atoms with Gasteiger partial charge < -0.3 is 15.0 Å². The Kier molecular flexibility index (Phi) is 8.58. The van der Waals surface area contributed by atoms with Crippen LogP contribution in [0.5, 0.6) is 0 Å². The summed E-state index contributed by atoms with van der Waals surface area (Å²) in [5.74, 6) is -0.273. The second-order valence-corrected chi connectivity index (χ2v) is 9.60. The van der Waals surface area contributed by atoms with Gasteiger partial charge >= 0.3 is 6.03 Å². The summed E-state index contributed by atoms with van der Waals surface area (Å²) in [7, 11) is 1.55. The number of methoxy groups -OCH3 is 1. The Morgan fingerprint density at radius 3 is 2.68 bits per heavy atom. The quantitative estimate of drug-likeness (QED) is 0.253. The second kappa shape index (κ2) is 11.9. The van der Waals surface area contributed by atoms with Gasteiger partial charge in [0.2, 0.25) is 0 Å². The summed E-state index contributed by atoms with van der Waals surface area (Å²) >= 11 is 9.50. The standard InChI is InChI=1S/C27H25BrClFN4O3/c1-3-24(33(13-14-37-2)27(36)31-18-8-6-7-17(28)15-18)25-32-23-10-5-4-9-20(23)26(35)34(25)19-11-12-22(30)21(29)16-19/h4-12,15-16,24H,3,13-14H2,1-2H3,(H,31,36). The van der Waals surface area contributed by atoms with Crippen LogP contribution in [0.2, 0.25) is 5.02 Å². The van der Waals surface area contributed by atoms with Crippen molar-refractivity contribution in [1.82, 2.24) is 14.5 Å². The summed E-state index contributed by atoms with van der Waals surface area (Å²) in [6, 6.07) is 17.3. The number of hydrogen-bond donors (Lipinski definition) is 1. The van der Waals surface area contributed by atoms with Crippen molar-refractivity contribution in [2.24, 2.45) is 0 Å². The van der Waals surface area contributed by atoms with E-state index in [2.05, 4.69) is 21.2 Å². The average Bonchev–Trinajstić information content (AvgIpc) is 2.88. The van der Waals surface area contributed by atoms with Crippen molar-refractivity contribution in [1.29, 1.82) is 0 Å². The number of fused-ring (bicyclic) bond motifs is 1. The second-order valence-electron chi connectivity index (χ2n) is 8.28. The fourth-order valence-electron chi connectivity index (χ4n) is 4.14. The highest BCUT2D eigenvalue weighted by Crippen LogP contribution is 2.28. The number of amides is 2. The third-order valence-corrected chi connectivity index (χ3v) is 6.68. The molecule has 10 heteroatoms. The van der Waals surface area contributed by atoms with Crippen molar-refractivity contribution in [3.63, 3.8) is 0 Å². The fourth-order valence-corrected chi connectivity index (χ4v) is 4.71. The number of carbonyl (C=O) groups excluding carboxylic acids is 1. The monoisotopic (exact) mass is 586 g/mol. The van der Waals surface area contributed by atoms with Crippen molar-refractivity contribution in [2.75, 3.05) is 25.6 Å². The zero-order chi connectivity index (χ0) is 26.5. The number of anilines is 1. The lowest BCUT2D eigenvalue weighted by Gasteiger charge is -2.32. The molecule has 0 radical (unpaired) electrons. The number of ether oxygens (including phenoxy) is 1. The zero-order valence-corrected chi connectivity index (χ0v) is 22.6. The predicted molar refractivity (Wildman–Crippen MR) is 147 cm³/mol. The molecule has 0 fully saturated rings. The summed E-state index contributed by atoms with van der Waals surface area (Å²) in [6.45, 7) is 2.41. The van der Waals surface area contributed by atoms with Gasteiger partial charge in [-0.1, -0.05) is 52.7 Å². The van der Waals surface area contributed by atoms with Crippen LogP contribution < -0.4 is 10.9 Å². The first kappa shape index (κ1) is 26.8. The van der Waals surface area contributed by atoms with Gasteiger partial charge in [-0.3, -0.25) is 9.36 Å². The largest absolute Gasteiger partial charge is 0.383 e. The highest BCUT2D eigenvalue weighted by Gasteiger charge is 2.29. The van der Waals surface area contributed by atoms with Crippen LogP contribution >= 0.6 is 27.5 Å². The molecule has 0 aliphatic rings. The topological polar surface area (TPSA) is 76.5 Å². The third-order valence-electron chi connectivity index (χ3n) is 5.90. The first-order valence-corrected chi connectivity index (χ1v) is 12.8. The van der Waals surface area contributed by atoms with Gasteiger partial charge in [-0.15, -0.1) is 0 Å². The van der Waals surface area contributed by atoms with E-state index in [1.54, 1.807) is 48.4 Å².